The molecule has 120 valence electrons. The molecule has 0 spiro atoms. The highest BCUT2D eigenvalue weighted by Crippen LogP contribution is 2.61. The minimum atomic E-state index is 0.591. The van der Waals surface area contributed by atoms with E-state index in [0.29, 0.717) is 11.5 Å². The normalized spacial score (nSPS) is 42.4. The van der Waals surface area contributed by atoms with Crippen LogP contribution in [-0.4, -0.2) is 25.8 Å². The van der Waals surface area contributed by atoms with Crippen LogP contribution in [0.25, 0.3) is 0 Å². The predicted molar refractivity (Wildman–Crippen MR) is 86.2 cm³/mol. The van der Waals surface area contributed by atoms with Gasteiger partial charge in [-0.1, -0.05) is 6.92 Å². The zero-order valence-electron chi connectivity index (χ0n) is 13.8. The summed E-state index contributed by atoms with van der Waals surface area (Å²) < 4.78 is 6.14. The van der Waals surface area contributed by atoms with Gasteiger partial charge < -0.3 is 10.1 Å². The molecule has 0 aromatic carbocycles. The van der Waals surface area contributed by atoms with E-state index in [9.17, 15) is 0 Å². The number of hydrogen-bond donors (Lipinski definition) is 1. The molecule has 5 fully saturated rings. The van der Waals surface area contributed by atoms with Crippen molar-refractivity contribution in [2.45, 2.75) is 70.8 Å². The molecule has 0 amide bonds. The first-order valence-electron chi connectivity index (χ1n) is 9.58. The van der Waals surface area contributed by atoms with Gasteiger partial charge in [-0.2, -0.15) is 0 Å². The first-order valence-corrected chi connectivity index (χ1v) is 9.58. The summed E-state index contributed by atoms with van der Waals surface area (Å²) in [4.78, 5) is 0. The van der Waals surface area contributed by atoms with Crippen LogP contribution in [-0.2, 0) is 4.74 Å². The average molecular weight is 291 g/mol. The van der Waals surface area contributed by atoms with Crippen LogP contribution in [0.2, 0.25) is 0 Å². The third-order valence-corrected chi connectivity index (χ3v) is 6.80. The van der Waals surface area contributed by atoms with Gasteiger partial charge in [0, 0.05) is 12.6 Å². The number of ether oxygens (including phenoxy) is 1. The van der Waals surface area contributed by atoms with Crippen molar-refractivity contribution in [2.75, 3.05) is 19.8 Å². The summed E-state index contributed by atoms with van der Waals surface area (Å²) >= 11 is 0. The van der Waals surface area contributed by atoms with Gasteiger partial charge in [-0.05, 0) is 93.4 Å². The smallest absolute Gasteiger partial charge is 0.0625 e. The second kappa shape index (κ2) is 5.85. The largest absolute Gasteiger partial charge is 0.380 e. The van der Waals surface area contributed by atoms with Gasteiger partial charge in [0.05, 0.1) is 6.61 Å². The highest BCUT2D eigenvalue weighted by molar-refractivity contribution is 5.06. The second-order valence-electron chi connectivity index (χ2n) is 8.77. The van der Waals surface area contributed by atoms with Gasteiger partial charge in [-0.25, -0.2) is 0 Å². The van der Waals surface area contributed by atoms with Crippen LogP contribution in [0.3, 0.4) is 0 Å². The van der Waals surface area contributed by atoms with E-state index in [1.165, 1.54) is 45.1 Å². The number of nitrogens with one attached hydrogen (secondary N) is 1. The summed E-state index contributed by atoms with van der Waals surface area (Å²) in [5.74, 6) is 4.04. The van der Waals surface area contributed by atoms with E-state index < -0.39 is 0 Å². The summed E-state index contributed by atoms with van der Waals surface area (Å²) in [6.07, 6.45) is 13.2. The van der Waals surface area contributed by atoms with E-state index >= 15 is 0 Å². The molecule has 0 aliphatic heterocycles. The first-order chi connectivity index (χ1) is 10.3. The van der Waals surface area contributed by atoms with Crippen molar-refractivity contribution in [3.63, 3.8) is 0 Å². The summed E-state index contributed by atoms with van der Waals surface area (Å²) in [6.45, 7) is 5.45. The Morgan fingerprint density at radius 1 is 1.05 bits per heavy atom. The van der Waals surface area contributed by atoms with Crippen molar-refractivity contribution in [2.24, 2.45) is 29.1 Å². The molecular formula is C19H33NO. The van der Waals surface area contributed by atoms with Gasteiger partial charge in [0.1, 0.15) is 0 Å². The maximum atomic E-state index is 6.14. The average Bonchev–Trinajstić information content (AvgIpc) is 3.25. The number of rotatable bonds is 8. The molecule has 5 aliphatic carbocycles. The standard InChI is InChI=1S/C19H33NO/c1-2-5-20-18(13-21-12-14-3-4-14)19-9-15-6-16(10-19)8-17(7-15)11-19/h14-18,20H,2-13H2,1H3. The second-order valence-corrected chi connectivity index (χ2v) is 8.77. The summed E-state index contributed by atoms with van der Waals surface area (Å²) in [7, 11) is 0. The lowest BCUT2D eigenvalue weighted by Gasteiger charge is -2.59. The molecule has 0 heterocycles. The minimum absolute atomic E-state index is 0.591. The minimum Gasteiger partial charge on any atom is -0.380 e. The molecule has 1 N–H and O–H groups in total. The van der Waals surface area contributed by atoms with Crippen molar-refractivity contribution in [3.8, 4) is 0 Å². The summed E-state index contributed by atoms with van der Waals surface area (Å²) in [5, 5.41) is 3.90. The van der Waals surface area contributed by atoms with Gasteiger partial charge in [-0.15, -0.1) is 0 Å². The molecule has 1 atom stereocenters. The molecule has 0 aromatic rings. The molecule has 5 aliphatic rings. The predicted octanol–water partition coefficient (Wildman–Crippen LogP) is 4.00. The highest BCUT2D eigenvalue weighted by Gasteiger charge is 2.54. The third kappa shape index (κ3) is 3.03. The fraction of sp³-hybridized carbons (Fsp3) is 1.00. The van der Waals surface area contributed by atoms with Gasteiger partial charge >= 0.3 is 0 Å². The summed E-state index contributed by atoms with van der Waals surface area (Å²) in [5.41, 5.74) is 0.591. The Kier molecular flexibility index (Phi) is 4.04. The van der Waals surface area contributed by atoms with Crippen molar-refractivity contribution in [3.05, 3.63) is 0 Å². The molecule has 4 bridgehead atoms. The zero-order valence-corrected chi connectivity index (χ0v) is 13.8. The number of hydrogen-bond acceptors (Lipinski definition) is 2. The summed E-state index contributed by atoms with van der Waals surface area (Å²) in [6, 6.07) is 0.629. The quantitative estimate of drug-likeness (QED) is 0.730. The van der Waals surface area contributed by atoms with Crippen LogP contribution in [0.4, 0.5) is 0 Å². The molecule has 1 unspecified atom stereocenters. The van der Waals surface area contributed by atoms with Crippen LogP contribution in [0.15, 0.2) is 0 Å². The van der Waals surface area contributed by atoms with Crippen LogP contribution in [0, 0.1) is 29.1 Å². The molecular weight excluding hydrogens is 258 g/mol. The first kappa shape index (κ1) is 14.5. The molecule has 0 radical (unpaired) electrons. The van der Waals surface area contributed by atoms with Gasteiger partial charge in [0.2, 0.25) is 0 Å². The highest BCUT2D eigenvalue weighted by atomic mass is 16.5. The lowest BCUT2D eigenvalue weighted by atomic mass is 9.47. The maximum absolute atomic E-state index is 6.14. The van der Waals surface area contributed by atoms with Gasteiger partial charge in [-0.3, -0.25) is 0 Å². The van der Waals surface area contributed by atoms with Crippen LogP contribution < -0.4 is 5.32 Å². The van der Waals surface area contributed by atoms with Gasteiger partial charge in [0.15, 0.2) is 0 Å². The van der Waals surface area contributed by atoms with Crippen molar-refractivity contribution in [1.82, 2.24) is 5.32 Å². The van der Waals surface area contributed by atoms with Crippen LogP contribution >= 0.6 is 0 Å². The zero-order chi connectivity index (χ0) is 14.3. The Hall–Kier alpha value is -0.0800. The fourth-order valence-electron chi connectivity index (χ4n) is 6.01. The van der Waals surface area contributed by atoms with E-state index in [-0.39, 0.29) is 0 Å². The fourth-order valence-corrected chi connectivity index (χ4v) is 6.01. The van der Waals surface area contributed by atoms with Crippen molar-refractivity contribution >= 4 is 0 Å². The lowest BCUT2D eigenvalue weighted by molar-refractivity contribution is -0.0891. The van der Waals surface area contributed by atoms with Crippen molar-refractivity contribution < 1.29 is 4.74 Å². The van der Waals surface area contributed by atoms with E-state index in [4.69, 9.17) is 4.74 Å². The molecule has 0 aromatic heterocycles. The molecule has 5 saturated carbocycles. The van der Waals surface area contributed by atoms with E-state index in [2.05, 4.69) is 12.2 Å². The SMILES string of the molecule is CCCNC(COCC1CC1)C12CC3CC(CC(C3)C1)C2. The van der Waals surface area contributed by atoms with Gasteiger partial charge in [0.25, 0.3) is 0 Å². The Labute approximate surface area is 130 Å². The Morgan fingerprint density at radius 3 is 2.19 bits per heavy atom. The monoisotopic (exact) mass is 291 g/mol. The van der Waals surface area contributed by atoms with Crippen LogP contribution in [0.5, 0.6) is 0 Å². The van der Waals surface area contributed by atoms with E-state index in [1.807, 2.05) is 0 Å². The Morgan fingerprint density at radius 2 is 1.67 bits per heavy atom. The van der Waals surface area contributed by atoms with Crippen molar-refractivity contribution in [1.29, 1.82) is 0 Å². The Balaban J connectivity index is 1.42. The maximum Gasteiger partial charge on any atom is 0.0625 e. The topological polar surface area (TPSA) is 21.3 Å². The molecule has 21 heavy (non-hydrogen) atoms. The molecule has 0 saturated heterocycles. The van der Waals surface area contributed by atoms with Crippen LogP contribution in [0.1, 0.15) is 64.7 Å². The third-order valence-electron chi connectivity index (χ3n) is 6.80. The molecule has 5 rings (SSSR count). The molecule has 2 nitrogen and oxygen atoms in total. The molecule has 2 heteroatoms. The Bertz CT molecular complexity index is 327. The lowest BCUT2D eigenvalue weighted by Crippen LogP contribution is -2.57. The van der Waals surface area contributed by atoms with E-state index in [1.54, 1.807) is 19.3 Å². The van der Waals surface area contributed by atoms with E-state index in [0.717, 1.165) is 36.9 Å².